The molecule has 0 aliphatic carbocycles. The fraction of sp³-hybridized carbons (Fsp3) is 0.350. The van der Waals surface area contributed by atoms with Gasteiger partial charge in [0, 0.05) is 0 Å². The summed E-state index contributed by atoms with van der Waals surface area (Å²) in [4.78, 5) is 12.1. The standard InChI is InChI=1S/C20H26O2/c1-7-10-16(8-2)18-13-11-17(12-14-18)15(4)22-19(21)20(5,6)9-3/h7-8,10-15H,1-2,9H2,3-6H3/b16-10+. The van der Waals surface area contributed by atoms with Crippen molar-refractivity contribution in [2.75, 3.05) is 0 Å². The average molecular weight is 298 g/mol. The van der Waals surface area contributed by atoms with Crippen molar-refractivity contribution >= 4 is 11.5 Å². The Morgan fingerprint density at radius 2 is 1.86 bits per heavy atom. The van der Waals surface area contributed by atoms with E-state index < -0.39 is 5.41 Å². The molecule has 0 fully saturated rings. The Hall–Kier alpha value is -2.09. The molecule has 0 bridgehead atoms. The lowest BCUT2D eigenvalue weighted by Gasteiger charge is -2.23. The summed E-state index contributed by atoms with van der Waals surface area (Å²) in [5.74, 6) is -0.162. The molecule has 0 spiro atoms. The fourth-order valence-corrected chi connectivity index (χ4v) is 1.89. The number of carbonyl (C=O) groups excluding carboxylic acids is 1. The lowest BCUT2D eigenvalue weighted by molar-refractivity contribution is -0.159. The van der Waals surface area contributed by atoms with Crippen LogP contribution in [0.4, 0.5) is 0 Å². The summed E-state index contributed by atoms with van der Waals surface area (Å²) in [5, 5.41) is 0. The van der Waals surface area contributed by atoms with Gasteiger partial charge in [-0.2, -0.15) is 0 Å². The zero-order chi connectivity index (χ0) is 16.8. The zero-order valence-corrected chi connectivity index (χ0v) is 14.1. The van der Waals surface area contributed by atoms with Crippen LogP contribution < -0.4 is 0 Å². The minimum absolute atomic E-state index is 0.162. The lowest BCUT2D eigenvalue weighted by atomic mass is 9.90. The van der Waals surface area contributed by atoms with Crippen LogP contribution in [0.15, 0.2) is 55.7 Å². The third-order valence-electron chi connectivity index (χ3n) is 3.95. The van der Waals surface area contributed by atoms with Crippen molar-refractivity contribution < 1.29 is 9.53 Å². The Morgan fingerprint density at radius 1 is 1.27 bits per heavy atom. The van der Waals surface area contributed by atoms with Gasteiger partial charge in [-0.25, -0.2) is 0 Å². The van der Waals surface area contributed by atoms with E-state index in [4.69, 9.17) is 4.74 Å². The van der Waals surface area contributed by atoms with Crippen molar-refractivity contribution in [1.82, 2.24) is 0 Å². The SMILES string of the molecule is C=C/C=C(\C=C)c1ccc(C(C)OC(=O)C(C)(C)CC)cc1. The first-order valence-corrected chi connectivity index (χ1v) is 7.62. The van der Waals surface area contributed by atoms with Gasteiger partial charge in [-0.15, -0.1) is 0 Å². The second-order valence-electron chi connectivity index (χ2n) is 5.97. The maximum atomic E-state index is 12.1. The second kappa shape index (κ2) is 7.79. The van der Waals surface area contributed by atoms with Crippen molar-refractivity contribution in [3.8, 4) is 0 Å². The van der Waals surface area contributed by atoms with Crippen molar-refractivity contribution in [1.29, 1.82) is 0 Å². The summed E-state index contributed by atoms with van der Waals surface area (Å²) < 4.78 is 5.58. The third-order valence-corrected chi connectivity index (χ3v) is 3.95. The number of esters is 1. The molecule has 1 unspecified atom stereocenters. The van der Waals surface area contributed by atoms with Crippen molar-refractivity contribution in [2.24, 2.45) is 5.41 Å². The summed E-state index contributed by atoms with van der Waals surface area (Å²) in [6, 6.07) is 7.96. The molecule has 0 amide bonds. The minimum Gasteiger partial charge on any atom is -0.457 e. The average Bonchev–Trinajstić information content (AvgIpc) is 2.52. The molecule has 0 radical (unpaired) electrons. The van der Waals surface area contributed by atoms with Gasteiger partial charge in [-0.3, -0.25) is 4.79 Å². The van der Waals surface area contributed by atoms with Crippen LogP contribution in [0.2, 0.25) is 0 Å². The predicted octanol–water partition coefficient (Wildman–Crippen LogP) is 5.48. The first kappa shape index (κ1) is 18.0. The second-order valence-corrected chi connectivity index (χ2v) is 5.97. The molecule has 22 heavy (non-hydrogen) atoms. The largest absolute Gasteiger partial charge is 0.457 e. The Bertz CT molecular complexity index is 562. The van der Waals surface area contributed by atoms with Crippen LogP contribution in [-0.4, -0.2) is 5.97 Å². The first-order chi connectivity index (χ1) is 10.4. The molecule has 0 N–H and O–H groups in total. The molecule has 118 valence electrons. The van der Waals surface area contributed by atoms with Gasteiger partial charge in [0.1, 0.15) is 6.10 Å². The van der Waals surface area contributed by atoms with Crippen LogP contribution >= 0.6 is 0 Å². The summed E-state index contributed by atoms with van der Waals surface area (Å²) in [7, 11) is 0. The van der Waals surface area contributed by atoms with E-state index in [9.17, 15) is 4.79 Å². The van der Waals surface area contributed by atoms with Crippen LogP contribution in [-0.2, 0) is 9.53 Å². The zero-order valence-electron chi connectivity index (χ0n) is 14.1. The molecule has 1 aromatic rings. The van der Waals surface area contributed by atoms with Crippen molar-refractivity contribution in [2.45, 2.75) is 40.2 Å². The normalized spacial score (nSPS) is 13.4. The highest BCUT2D eigenvalue weighted by molar-refractivity contribution is 5.76. The molecule has 0 saturated heterocycles. The van der Waals surface area contributed by atoms with Crippen molar-refractivity contribution in [3.63, 3.8) is 0 Å². The molecule has 1 aromatic carbocycles. The molecule has 0 aliphatic rings. The van der Waals surface area contributed by atoms with Gasteiger partial charge in [0.05, 0.1) is 5.41 Å². The van der Waals surface area contributed by atoms with Gasteiger partial charge in [0.15, 0.2) is 0 Å². The van der Waals surface area contributed by atoms with Gasteiger partial charge in [-0.1, -0.05) is 62.6 Å². The van der Waals surface area contributed by atoms with E-state index >= 15 is 0 Å². The molecule has 2 nitrogen and oxygen atoms in total. The smallest absolute Gasteiger partial charge is 0.312 e. The Kier molecular flexibility index (Phi) is 6.36. The van der Waals surface area contributed by atoms with Gasteiger partial charge >= 0.3 is 5.97 Å². The number of ether oxygens (including phenoxy) is 1. The number of carbonyl (C=O) groups is 1. The molecule has 1 atom stereocenters. The van der Waals surface area contributed by atoms with E-state index in [0.717, 1.165) is 23.1 Å². The highest BCUT2D eigenvalue weighted by Gasteiger charge is 2.28. The summed E-state index contributed by atoms with van der Waals surface area (Å²) >= 11 is 0. The summed E-state index contributed by atoms with van der Waals surface area (Å²) in [5.41, 5.74) is 2.60. The highest BCUT2D eigenvalue weighted by atomic mass is 16.5. The molecule has 0 saturated carbocycles. The van der Waals surface area contributed by atoms with E-state index in [-0.39, 0.29) is 12.1 Å². The Balaban J connectivity index is 2.86. The van der Waals surface area contributed by atoms with E-state index in [0.29, 0.717) is 0 Å². The maximum Gasteiger partial charge on any atom is 0.312 e. The minimum atomic E-state index is -0.448. The predicted molar refractivity (Wildman–Crippen MR) is 93.4 cm³/mol. The van der Waals surface area contributed by atoms with Gasteiger partial charge in [0.2, 0.25) is 0 Å². The molecule has 2 heteroatoms. The molecule has 1 rings (SSSR count). The van der Waals surface area contributed by atoms with E-state index in [1.807, 2.05) is 58.0 Å². The van der Waals surface area contributed by atoms with Crippen LogP contribution in [0.3, 0.4) is 0 Å². The third kappa shape index (κ3) is 4.45. The number of allylic oxidation sites excluding steroid dienone is 4. The number of hydrogen-bond acceptors (Lipinski definition) is 2. The Morgan fingerprint density at radius 3 is 2.32 bits per heavy atom. The van der Waals surface area contributed by atoms with Gasteiger partial charge in [0.25, 0.3) is 0 Å². The number of rotatable bonds is 7. The number of hydrogen-bond donors (Lipinski definition) is 0. The topological polar surface area (TPSA) is 26.3 Å². The first-order valence-electron chi connectivity index (χ1n) is 7.62. The summed E-state index contributed by atoms with van der Waals surface area (Å²) in [6.45, 7) is 15.2. The maximum absolute atomic E-state index is 12.1. The fourth-order valence-electron chi connectivity index (χ4n) is 1.89. The highest BCUT2D eigenvalue weighted by Crippen LogP contribution is 2.27. The van der Waals surface area contributed by atoms with Crippen molar-refractivity contribution in [3.05, 3.63) is 66.8 Å². The van der Waals surface area contributed by atoms with Gasteiger partial charge in [-0.05, 0) is 43.9 Å². The monoisotopic (exact) mass is 298 g/mol. The van der Waals surface area contributed by atoms with Crippen LogP contribution in [0.25, 0.3) is 5.57 Å². The lowest BCUT2D eigenvalue weighted by Crippen LogP contribution is -2.26. The molecule has 0 aromatic heterocycles. The number of benzene rings is 1. The molecular formula is C20H26O2. The quantitative estimate of drug-likeness (QED) is 0.492. The van der Waals surface area contributed by atoms with Crippen LogP contribution in [0.5, 0.6) is 0 Å². The van der Waals surface area contributed by atoms with Gasteiger partial charge < -0.3 is 4.74 Å². The molecule has 0 heterocycles. The summed E-state index contributed by atoms with van der Waals surface area (Å²) in [6.07, 6.45) is 5.94. The molecular weight excluding hydrogens is 272 g/mol. The van der Waals surface area contributed by atoms with Crippen LogP contribution in [0, 0.1) is 5.41 Å². The van der Waals surface area contributed by atoms with E-state index in [1.54, 1.807) is 12.2 Å². The molecule has 0 aliphatic heterocycles. The van der Waals surface area contributed by atoms with E-state index in [1.165, 1.54) is 0 Å². The van der Waals surface area contributed by atoms with Crippen LogP contribution in [0.1, 0.15) is 51.3 Å². The van der Waals surface area contributed by atoms with E-state index in [2.05, 4.69) is 13.2 Å². The Labute approximate surface area is 134 Å².